The van der Waals surface area contributed by atoms with Gasteiger partial charge in [0.15, 0.2) is 6.29 Å². The second-order valence-corrected chi connectivity index (χ2v) is 9.88. The second kappa shape index (κ2) is 12.5. The van der Waals surface area contributed by atoms with Crippen molar-refractivity contribution in [3.05, 3.63) is 71.9 Å². The number of anilines is 1. The molecule has 0 amide bonds. The van der Waals surface area contributed by atoms with Crippen molar-refractivity contribution >= 4 is 17.7 Å². The second-order valence-electron chi connectivity index (χ2n) is 9.88. The lowest BCUT2D eigenvalue weighted by molar-refractivity contribution is -0.116. The van der Waals surface area contributed by atoms with Crippen LogP contribution in [0.5, 0.6) is 0 Å². The Kier molecular flexibility index (Phi) is 8.65. The standard InChI is InChI=1S/C29H36FN7O2/c1-38-29(39-2)20-35-14-16-36(17-15-35)28-10-4-8-23(34-28)24-19-32-27(33-24)12-11-26(31)37-13-5-9-25(37)21-6-3-7-22(30)18-21/h3-4,6-8,10-12,18-19,25,29,31H,5,9,13-17,20H2,1-2H3,(H,32,33)/b12-11-,31-26?. The first kappa shape index (κ1) is 27.0. The normalized spacial score (nSPS) is 18.5. The first-order chi connectivity index (χ1) is 19.0. The largest absolute Gasteiger partial charge is 0.355 e. The highest BCUT2D eigenvalue weighted by atomic mass is 19.1. The van der Waals surface area contributed by atoms with Crippen LogP contribution in [-0.2, 0) is 9.47 Å². The van der Waals surface area contributed by atoms with Gasteiger partial charge in [-0.05, 0) is 54.8 Å². The van der Waals surface area contributed by atoms with Crippen LogP contribution in [-0.4, -0.2) is 90.4 Å². The Balaban J connectivity index is 1.20. The molecule has 2 aliphatic heterocycles. The number of benzene rings is 1. The van der Waals surface area contributed by atoms with Crippen LogP contribution in [0.25, 0.3) is 17.5 Å². The van der Waals surface area contributed by atoms with Gasteiger partial charge in [-0.3, -0.25) is 10.3 Å². The summed E-state index contributed by atoms with van der Waals surface area (Å²) in [5, 5.41) is 8.62. The number of likely N-dealkylation sites (tertiary alicyclic amines) is 1. The van der Waals surface area contributed by atoms with Gasteiger partial charge in [0.05, 0.1) is 23.6 Å². The van der Waals surface area contributed by atoms with E-state index >= 15 is 0 Å². The minimum absolute atomic E-state index is 0.0141. The molecule has 39 heavy (non-hydrogen) atoms. The van der Waals surface area contributed by atoms with Gasteiger partial charge in [0.1, 0.15) is 23.3 Å². The van der Waals surface area contributed by atoms with Crippen LogP contribution in [0.4, 0.5) is 10.2 Å². The number of amidine groups is 1. The fourth-order valence-corrected chi connectivity index (χ4v) is 5.29. The molecule has 0 bridgehead atoms. The Morgan fingerprint density at radius 1 is 1.13 bits per heavy atom. The number of nitrogens with zero attached hydrogens (tertiary/aromatic N) is 5. The summed E-state index contributed by atoms with van der Waals surface area (Å²) >= 11 is 0. The first-order valence-electron chi connectivity index (χ1n) is 13.4. The van der Waals surface area contributed by atoms with Gasteiger partial charge in [0.2, 0.25) is 0 Å². The molecule has 1 unspecified atom stereocenters. The Labute approximate surface area is 228 Å². The first-order valence-corrected chi connectivity index (χ1v) is 13.4. The van der Waals surface area contributed by atoms with E-state index < -0.39 is 0 Å². The number of halogens is 1. The average molecular weight is 534 g/mol. The van der Waals surface area contributed by atoms with Gasteiger partial charge in [-0.25, -0.2) is 14.4 Å². The van der Waals surface area contributed by atoms with E-state index in [0.29, 0.717) is 11.7 Å². The predicted molar refractivity (Wildman–Crippen MR) is 150 cm³/mol. The molecule has 0 spiro atoms. The maximum Gasteiger partial charge on any atom is 0.169 e. The number of piperazine rings is 1. The molecule has 2 fully saturated rings. The Morgan fingerprint density at radius 2 is 1.92 bits per heavy atom. The van der Waals surface area contributed by atoms with Gasteiger partial charge >= 0.3 is 0 Å². The van der Waals surface area contributed by atoms with Crippen molar-refractivity contribution in [1.29, 1.82) is 5.41 Å². The van der Waals surface area contributed by atoms with E-state index in [1.54, 1.807) is 38.6 Å². The summed E-state index contributed by atoms with van der Waals surface area (Å²) in [5.41, 5.74) is 2.55. The quantitative estimate of drug-likeness (QED) is 0.242. The topological polar surface area (TPSA) is 93.6 Å². The van der Waals surface area contributed by atoms with E-state index in [1.807, 2.05) is 35.2 Å². The number of rotatable bonds is 9. The van der Waals surface area contributed by atoms with Crippen molar-refractivity contribution in [2.75, 3.05) is 58.4 Å². The van der Waals surface area contributed by atoms with Gasteiger partial charge in [-0.1, -0.05) is 18.2 Å². The van der Waals surface area contributed by atoms with Crippen molar-refractivity contribution in [2.45, 2.75) is 25.2 Å². The number of aromatic amines is 1. The monoisotopic (exact) mass is 533 g/mol. The smallest absolute Gasteiger partial charge is 0.169 e. The zero-order chi connectivity index (χ0) is 27.2. The van der Waals surface area contributed by atoms with Crippen molar-refractivity contribution in [3.63, 3.8) is 0 Å². The summed E-state index contributed by atoms with van der Waals surface area (Å²) in [7, 11) is 3.33. The summed E-state index contributed by atoms with van der Waals surface area (Å²) in [6, 6.07) is 12.7. The summed E-state index contributed by atoms with van der Waals surface area (Å²) in [6.45, 7) is 5.11. The van der Waals surface area contributed by atoms with Crippen LogP contribution in [0.2, 0.25) is 0 Å². The third-order valence-corrected chi connectivity index (χ3v) is 7.43. The Hall–Kier alpha value is -3.60. The van der Waals surface area contributed by atoms with E-state index in [-0.39, 0.29) is 18.1 Å². The molecule has 10 heteroatoms. The van der Waals surface area contributed by atoms with Crippen molar-refractivity contribution in [1.82, 2.24) is 24.8 Å². The maximum absolute atomic E-state index is 13.8. The highest BCUT2D eigenvalue weighted by Gasteiger charge is 2.27. The van der Waals surface area contributed by atoms with Gasteiger partial charge in [0.25, 0.3) is 0 Å². The molecule has 0 aliphatic carbocycles. The number of hydrogen-bond acceptors (Lipinski definition) is 7. The molecule has 0 radical (unpaired) electrons. The number of ether oxygens (including phenoxy) is 2. The van der Waals surface area contributed by atoms with Crippen LogP contribution in [0.1, 0.15) is 30.3 Å². The minimum Gasteiger partial charge on any atom is -0.355 e. The zero-order valence-corrected chi connectivity index (χ0v) is 22.5. The molecule has 0 saturated carbocycles. The Morgan fingerprint density at radius 3 is 2.69 bits per heavy atom. The number of pyridine rings is 1. The molecule has 2 saturated heterocycles. The fraction of sp³-hybridized carbons (Fsp3) is 0.414. The average Bonchev–Trinajstić information content (AvgIpc) is 3.66. The van der Waals surface area contributed by atoms with E-state index in [0.717, 1.165) is 74.9 Å². The lowest BCUT2D eigenvalue weighted by atomic mass is 10.0. The van der Waals surface area contributed by atoms with Crippen molar-refractivity contribution in [2.24, 2.45) is 0 Å². The molecule has 2 N–H and O–H groups in total. The molecular weight excluding hydrogens is 497 g/mol. The molecule has 1 aromatic carbocycles. The zero-order valence-electron chi connectivity index (χ0n) is 22.5. The third kappa shape index (κ3) is 6.52. The number of imidazole rings is 1. The number of H-pyrrole nitrogens is 1. The SMILES string of the molecule is COC(CN1CCN(c2cccc(-c3cnc(/C=C\C(=N)N4CCCC4c4cccc(F)c4)[nH]3)n2)CC1)OC. The van der Waals surface area contributed by atoms with E-state index in [4.69, 9.17) is 19.9 Å². The van der Waals surface area contributed by atoms with Crippen molar-refractivity contribution < 1.29 is 13.9 Å². The number of nitrogens with one attached hydrogen (secondary N) is 2. The van der Waals surface area contributed by atoms with Gasteiger partial charge in [0, 0.05) is 53.5 Å². The van der Waals surface area contributed by atoms with Crippen LogP contribution in [0.3, 0.4) is 0 Å². The Bertz CT molecular complexity index is 1280. The lowest BCUT2D eigenvalue weighted by Crippen LogP contribution is -2.49. The lowest BCUT2D eigenvalue weighted by Gasteiger charge is -2.36. The highest BCUT2D eigenvalue weighted by Crippen LogP contribution is 2.32. The highest BCUT2D eigenvalue weighted by molar-refractivity contribution is 5.94. The maximum atomic E-state index is 13.8. The molecule has 2 aliphatic rings. The van der Waals surface area contributed by atoms with Crippen LogP contribution < -0.4 is 4.90 Å². The number of hydrogen-bond donors (Lipinski definition) is 2. The van der Waals surface area contributed by atoms with Crippen LogP contribution in [0.15, 0.2) is 54.7 Å². The van der Waals surface area contributed by atoms with Crippen LogP contribution in [0, 0.1) is 11.2 Å². The molecule has 3 aromatic rings. The molecule has 9 nitrogen and oxygen atoms in total. The summed E-state index contributed by atoms with van der Waals surface area (Å²) in [5.74, 6) is 1.74. The molecule has 1 atom stereocenters. The number of aromatic nitrogens is 3. The molecule has 206 valence electrons. The van der Waals surface area contributed by atoms with Gasteiger partial charge < -0.3 is 24.3 Å². The van der Waals surface area contributed by atoms with Gasteiger partial charge in [-0.2, -0.15) is 0 Å². The summed E-state index contributed by atoms with van der Waals surface area (Å²) in [6.07, 6.45) is 7.00. The van der Waals surface area contributed by atoms with Crippen LogP contribution >= 0.6 is 0 Å². The third-order valence-electron chi connectivity index (χ3n) is 7.43. The minimum atomic E-state index is -0.244. The fourth-order valence-electron chi connectivity index (χ4n) is 5.29. The molecule has 4 heterocycles. The molecule has 2 aromatic heterocycles. The van der Waals surface area contributed by atoms with Gasteiger partial charge in [-0.15, -0.1) is 0 Å². The summed E-state index contributed by atoms with van der Waals surface area (Å²) in [4.78, 5) is 19.3. The number of methoxy groups -OCH3 is 2. The molecular formula is C29H36FN7O2. The summed E-state index contributed by atoms with van der Waals surface area (Å²) < 4.78 is 24.4. The van der Waals surface area contributed by atoms with E-state index in [2.05, 4.69) is 19.8 Å². The molecule has 5 rings (SSSR count). The van der Waals surface area contributed by atoms with Crippen molar-refractivity contribution in [3.8, 4) is 11.4 Å². The predicted octanol–water partition coefficient (Wildman–Crippen LogP) is 4.18. The van der Waals surface area contributed by atoms with E-state index in [9.17, 15) is 4.39 Å². The van der Waals surface area contributed by atoms with E-state index in [1.165, 1.54) is 6.07 Å².